The van der Waals surface area contributed by atoms with Crippen LogP contribution in [0.4, 0.5) is 5.82 Å². The third-order valence-corrected chi connectivity index (χ3v) is 2.94. The van der Waals surface area contributed by atoms with Crippen molar-refractivity contribution in [3.63, 3.8) is 0 Å². The molecular weight excluding hydrogens is 340 g/mol. The number of benzene rings is 1. The van der Waals surface area contributed by atoms with Crippen molar-refractivity contribution >= 4 is 33.6 Å². The summed E-state index contributed by atoms with van der Waals surface area (Å²) < 4.78 is 6.07. The highest BCUT2D eigenvalue weighted by molar-refractivity contribution is 9.10. The molecule has 1 amide bonds. The van der Waals surface area contributed by atoms with Gasteiger partial charge < -0.3 is 15.2 Å². The van der Waals surface area contributed by atoms with E-state index in [2.05, 4.69) is 26.2 Å². The van der Waals surface area contributed by atoms with E-state index in [1.807, 2.05) is 0 Å². The van der Waals surface area contributed by atoms with Gasteiger partial charge in [0.05, 0.1) is 5.56 Å². The fourth-order valence-electron chi connectivity index (χ4n) is 1.47. The molecule has 6 nitrogen and oxygen atoms in total. The van der Waals surface area contributed by atoms with Crippen LogP contribution in [0.2, 0.25) is 0 Å². The molecule has 0 saturated carbocycles. The Morgan fingerprint density at radius 3 is 2.48 bits per heavy atom. The van der Waals surface area contributed by atoms with Crippen molar-refractivity contribution in [2.45, 2.75) is 0 Å². The quantitative estimate of drug-likeness (QED) is 0.864. The van der Waals surface area contributed by atoms with Crippen molar-refractivity contribution in [3.05, 3.63) is 52.6 Å². The second-order valence-electron chi connectivity index (χ2n) is 4.03. The molecule has 1 heterocycles. The number of hydrogen-bond acceptors (Lipinski definition) is 4. The molecule has 0 bridgehead atoms. The molecule has 0 fully saturated rings. The molecule has 0 aliphatic carbocycles. The number of aromatic nitrogens is 1. The molecule has 0 atom stereocenters. The fraction of sp³-hybridized carbons (Fsp3) is 0.0714. The van der Waals surface area contributed by atoms with Crippen LogP contribution in [0.1, 0.15) is 10.4 Å². The number of amides is 1. The minimum atomic E-state index is -1.01. The van der Waals surface area contributed by atoms with E-state index in [-0.39, 0.29) is 18.1 Å². The van der Waals surface area contributed by atoms with Gasteiger partial charge in [0.25, 0.3) is 5.91 Å². The second-order valence-corrected chi connectivity index (χ2v) is 4.94. The minimum absolute atomic E-state index is 0.158. The number of hydrogen-bond donors (Lipinski definition) is 2. The lowest BCUT2D eigenvalue weighted by molar-refractivity contribution is -0.118. The number of aromatic carboxylic acids is 1. The van der Waals surface area contributed by atoms with E-state index in [0.717, 1.165) is 4.47 Å². The van der Waals surface area contributed by atoms with Crippen LogP contribution in [0.5, 0.6) is 5.75 Å². The topological polar surface area (TPSA) is 88.5 Å². The summed E-state index contributed by atoms with van der Waals surface area (Å²) in [5.74, 6) is -0.528. The molecule has 0 unspecified atom stereocenters. The lowest BCUT2D eigenvalue weighted by Gasteiger charge is -2.07. The molecule has 21 heavy (non-hydrogen) atoms. The maximum absolute atomic E-state index is 11.7. The van der Waals surface area contributed by atoms with Crippen molar-refractivity contribution in [1.29, 1.82) is 0 Å². The molecule has 0 spiro atoms. The summed E-state index contributed by atoms with van der Waals surface area (Å²) in [5.41, 5.74) is 0.158. The predicted octanol–water partition coefficient (Wildman–Crippen LogP) is 2.56. The number of anilines is 1. The number of carbonyl (C=O) groups is 2. The van der Waals surface area contributed by atoms with E-state index >= 15 is 0 Å². The zero-order valence-electron chi connectivity index (χ0n) is 10.7. The number of ether oxygens (including phenoxy) is 1. The van der Waals surface area contributed by atoms with Crippen LogP contribution >= 0.6 is 15.9 Å². The van der Waals surface area contributed by atoms with Crippen LogP contribution in [0, 0.1) is 0 Å². The third-order valence-electron chi connectivity index (χ3n) is 2.47. The molecule has 0 aliphatic rings. The Labute approximate surface area is 128 Å². The predicted molar refractivity (Wildman–Crippen MR) is 79.5 cm³/mol. The fourth-order valence-corrected chi connectivity index (χ4v) is 1.71. The third kappa shape index (κ3) is 4.57. The highest BCUT2D eigenvalue weighted by Gasteiger charge is 2.06. The molecule has 0 radical (unpaired) electrons. The molecule has 0 saturated heterocycles. The first-order valence-corrected chi connectivity index (χ1v) is 6.71. The van der Waals surface area contributed by atoms with Crippen molar-refractivity contribution in [2.75, 3.05) is 11.9 Å². The summed E-state index contributed by atoms with van der Waals surface area (Å²) in [4.78, 5) is 26.4. The number of nitrogens with one attached hydrogen (secondary N) is 1. The van der Waals surface area contributed by atoms with Gasteiger partial charge in [-0.2, -0.15) is 0 Å². The Kier molecular flexibility index (Phi) is 4.89. The molecule has 1 aromatic heterocycles. The standard InChI is InChI=1S/C14H11BrN2O4/c15-10-3-6-12(16-7-10)17-13(18)8-21-11-4-1-9(2-5-11)14(19)20/h1-7H,8H2,(H,19,20)(H,16,17,18). The monoisotopic (exact) mass is 350 g/mol. The number of rotatable bonds is 5. The maximum Gasteiger partial charge on any atom is 0.335 e. The van der Waals surface area contributed by atoms with E-state index in [1.54, 1.807) is 18.3 Å². The first-order valence-electron chi connectivity index (χ1n) is 5.92. The first-order chi connectivity index (χ1) is 10.0. The molecule has 1 aromatic carbocycles. The SMILES string of the molecule is O=C(COc1ccc(C(=O)O)cc1)Nc1ccc(Br)cn1. The van der Waals surface area contributed by atoms with Gasteiger partial charge in [0.1, 0.15) is 11.6 Å². The van der Waals surface area contributed by atoms with Gasteiger partial charge in [-0.05, 0) is 52.3 Å². The Morgan fingerprint density at radius 1 is 1.19 bits per heavy atom. The lowest BCUT2D eigenvalue weighted by atomic mass is 10.2. The van der Waals surface area contributed by atoms with Gasteiger partial charge in [0, 0.05) is 10.7 Å². The average molecular weight is 351 g/mol. The summed E-state index contributed by atoms with van der Waals surface area (Å²) >= 11 is 3.25. The lowest BCUT2D eigenvalue weighted by Crippen LogP contribution is -2.20. The summed E-state index contributed by atoms with van der Waals surface area (Å²) in [5, 5.41) is 11.3. The summed E-state index contributed by atoms with van der Waals surface area (Å²) in [6.45, 7) is -0.190. The van der Waals surface area contributed by atoms with Gasteiger partial charge in [-0.25, -0.2) is 9.78 Å². The number of nitrogens with zero attached hydrogens (tertiary/aromatic N) is 1. The van der Waals surface area contributed by atoms with Crippen molar-refractivity contribution in [3.8, 4) is 5.75 Å². The highest BCUT2D eigenvalue weighted by atomic mass is 79.9. The van der Waals surface area contributed by atoms with Crippen LogP contribution in [0.15, 0.2) is 47.1 Å². The van der Waals surface area contributed by atoms with Gasteiger partial charge in [-0.15, -0.1) is 0 Å². The van der Waals surface area contributed by atoms with Gasteiger partial charge in [0.2, 0.25) is 0 Å². The largest absolute Gasteiger partial charge is 0.484 e. The number of pyridine rings is 1. The molecule has 2 aromatic rings. The zero-order chi connectivity index (χ0) is 15.2. The molecule has 108 valence electrons. The van der Waals surface area contributed by atoms with E-state index in [9.17, 15) is 9.59 Å². The van der Waals surface area contributed by atoms with Gasteiger partial charge in [0.15, 0.2) is 6.61 Å². The highest BCUT2D eigenvalue weighted by Crippen LogP contribution is 2.13. The minimum Gasteiger partial charge on any atom is -0.484 e. The van der Waals surface area contributed by atoms with Crippen LogP contribution in [0.25, 0.3) is 0 Å². The van der Waals surface area contributed by atoms with E-state index in [1.165, 1.54) is 24.3 Å². The van der Waals surface area contributed by atoms with Gasteiger partial charge in [-0.3, -0.25) is 4.79 Å². The Balaban J connectivity index is 1.86. The Bertz CT molecular complexity index is 641. The molecule has 2 N–H and O–H groups in total. The molecule has 7 heteroatoms. The zero-order valence-corrected chi connectivity index (χ0v) is 12.3. The molecular formula is C14H11BrN2O4. The summed E-state index contributed by atoms with van der Waals surface area (Å²) in [6.07, 6.45) is 1.57. The van der Waals surface area contributed by atoms with Crippen molar-refractivity contribution < 1.29 is 19.4 Å². The van der Waals surface area contributed by atoms with Crippen LogP contribution < -0.4 is 10.1 Å². The van der Waals surface area contributed by atoms with Crippen LogP contribution in [-0.4, -0.2) is 28.6 Å². The van der Waals surface area contributed by atoms with Crippen LogP contribution in [-0.2, 0) is 4.79 Å². The second kappa shape index (κ2) is 6.85. The normalized spacial score (nSPS) is 9.95. The van der Waals surface area contributed by atoms with E-state index in [0.29, 0.717) is 11.6 Å². The van der Waals surface area contributed by atoms with Gasteiger partial charge >= 0.3 is 5.97 Å². The maximum atomic E-state index is 11.7. The van der Waals surface area contributed by atoms with E-state index in [4.69, 9.17) is 9.84 Å². The Morgan fingerprint density at radius 2 is 1.90 bits per heavy atom. The first kappa shape index (κ1) is 15.0. The van der Waals surface area contributed by atoms with Crippen molar-refractivity contribution in [1.82, 2.24) is 4.98 Å². The number of halogens is 1. The number of carboxylic acids is 1. The smallest absolute Gasteiger partial charge is 0.335 e. The average Bonchev–Trinajstić information content (AvgIpc) is 2.48. The van der Waals surface area contributed by atoms with Crippen molar-refractivity contribution in [2.24, 2.45) is 0 Å². The van der Waals surface area contributed by atoms with Crippen LogP contribution in [0.3, 0.4) is 0 Å². The molecule has 0 aliphatic heterocycles. The van der Waals surface area contributed by atoms with Gasteiger partial charge in [-0.1, -0.05) is 0 Å². The summed E-state index contributed by atoms with van der Waals surface area (Å²) in [6, 6.07) is 9.22. The summed E-state index contributed by atoms with van der Waals surface area (Å²) in [7, 11) is 0. The van der Waals surface area contributed by atoms with E-state index < -0.39 is 5.97 Å². The number of carbonyl (C=O) groups excluding carboxylic acids is 1. The number of carboxylic acid groups (broad SMARTS) is 1. The molecule has 2 rings (SSSR count). The Hall–Kier alpha value is -2.41.